The minimum Gasteiger partial charge on any atom is -0.326 e. The molecule has 1 saturated heterocycles. The number of rotatable bonds is 2. The van der Waals surface area contributed by atoms with Crippen molar-refractivity contribution in [2.45, 2.75) is 32.2 Å². The first-order chi connectivity index (χ1) is 8.20. The fraction of sp³-hybridized carbons (Fsp3) is 0.429. The van der Waals surface area contributed by atoms with Gasteiger partial charge in [-0.2, -0.15) is 5.26 Å². The van der Waals surface area contributed by atoms with Gasteiger partial charge in [-0.15, -0.1) is 0 Å². The van der Waals surface area contributed by atoms with Gasteiger partial charge >= 0.3 is 0 Å². The molecule has 1 amide bonds. The maximum Gasteiger partial charge on any atom is 0.228 e. The van der Waals surface area contributed by atoms with Gasteiger partial charge in [0, 0.05) is 6.54 Å². The van der Waals surface area contributed by atoms with Crippen LogP contribution < -0.4 is 0 Å². The van der Waals surface area contributed by atoms with Crippen LogP contribution in [0.3, 0.4) is 0 Å². The summed E-state index contributed by atoms with van der Waals surface area (Å²) in [6.45, 7) is 2.74. The molecule has 0 N–H and O–H groups in total. The minimum absolute atomic E-state index is 0.0691. The number of hydrogen-bond acceptors (Lipinski definition) is 2. The van der Waals surface area contributed by atoms with Crippen molar-refractivity contribution in [2.24, 2.45) is 0 Å². The fourth-order valence-corrected chi connectivity index (χ4v) is 2.30. The van der Waals surface area contributed by atoms with Gasteiger partial charge < -0.3 is 4.90 Å². The average Bonchev–Trinajstić information content (AvgIpc) is 2.77. The van der Waals surface area contributed by atoms with Crippen molar-refractivity contribution in [2.75, 3.05) is 6.54 Å². The van der Waals surface area contributed by atoms with Crippen molar-refractivity contribution in [1.29, 1.82) is 5.26 Å². The van der Waals surface area contributed by atoms with E-state index in [9.17, 15) is 4.79 Å². The van der Waals surface area contributed by atoms with Crippen LogP contribution in [-0.4, -0.2) is 23.4 Å². The largest absolute Gasteiger partial charge is 0.326 e. The van der Waals surface area contributed by atoms with E-state index in [4.69, 9.17) is 5.26 Å². The van der Waals surface area contributed by atoms with Crippen LogP contribution in [0.15, 0.2) is 24.3 Å². The number of nitriles is 1. The average molecular weight is 228 g/mol. The molecule has 1 aromatic rings. The van der Waals surface area contributed by atoms with Crippen LogP contribution in [0, 0.1) is 18.3 Å². The van der Waals surface area contributed by atoms with Crippen LogP contribution in [-0.2, 0) is 11.2 Å². The summed E-state index contributed by atoms with van der Waals surface area (Å²) in [5.74, 6) is 0.0691. The van der Waals surface area contributed by atoms with Gasteiger partial charge in [-0.1, -0.05) is 29.8 Å². The maximum absolute atomic E-state index is 12.1. The summed E-state index contributed by atoms with van der Waals surface area (Å²) in [4.78, 5) is 13.8. The van der Waals surface area contributed by atoms with Crippen LogP contribution in [0.2, 0.25) is 0 Å². The molecule has 1 aromatic carbocycles. The second-order valence-corrected chi connectivity index (χ2v) is 4.54. The Morgan fingerprint density at radius 3 is 3.12 bits per heavy atom. The van der Waals surface area contributed by atoms with Gasteiger partial charge in [0.15, 0.2) is 0 Å². The van der Waals surface area contributed by atoms with Gasteiger partial charge in [-0.25, -0.2) is 0 Å². The van der Waals surface area contributed by atoms with Crippen molar-refractivity contribution in [3.8, 4) is 6.07 Å². The van der Waals surface area contributed by atoms with Crippen molar-refractivity contribution >= 4 is 5.91 Å². The lowest BCUT2D eigenvalue weighted by Crippen LogP contribution is -2.35. The van der Waals surface area contributed by atoms with Gasteiger partial charge in [0.25, 0.3) is 0 Å². The number of amides is 1. The van der Waals surface area contributed by atoms with Crippen molar-refractivity contribution in [3.05, 3.63) is 35.4 Å². The summed E-state index contributed by atoms with van der Waals surface area (Å²) >= 11 is 0. The lowest BCUT2D eigenvalue weighted by atomic mass is 10.1. The third kappa shape index (κ3) is 2.65. The minimum atomic E-state index is -0.215. The number of nitrogens with zero attached hydrogens (tertiary/aromatic N) is 2. The van der Waals surface area contributed by atoms with Crippen LogP contribution in [0.5, 0.6) is 0 Å². The van der Waals surface area contributed by atoms with Crippen molar-refractivity contribution in [3.63, 3.8) is 0 Å². The lowest BCUT2D eigenvalue weighted by Gasteiger charge is -2.19. The first kappa shape index (κ1) is 11.7. The van der Waals surface area contributed by atoms with E-state index < -0.39 is 0 Å². The second-order valence-electron chi connectivity index (χ2n) is 4.54. The number of carbonyl (C=O) groups excluding carboxylic acids is 1. The highest BCUT2D eigenvalue weighted by atomic mass is 16.2. The van der Waals surface area contributed by atoms with E-state index in [1.807, 2.05) is 31.2 Å². The van der Waals surface area contributed by atoms with E-state index in [-0.39, 0.29) is 11.9 Å². The highest BCUT2D eigenvalue weighted by Gasteiger charge is 2.28. The first-order valence-corrected chi connectivity index (χ1v) is 5.95. The summed E-state index contributed by atoms with van der Waals surface area (Å²) in [6, 6.07) is 9.94. The zero-order valence-electron chi connectivity index (χ0n) is 10.0. The Morgan fingerprint density at radius 1 is 1.59 bits per heavy atom. The zero-order chi connectivity index (χ0) is 12.3. The van der Waals surface area contributed by atoms with Crippen molar-refractivity contribution in [1.82, 2.24) is 4.90 Å². The molecule has 1 atom stereocenters. The molecule has 17 heavy (non-hydrogen) atoms. The Hall–Kier alpha value is -1.82. The quantitative estimate of drug-likeness (QED) is 0.777. The van der Waals surface area contributed by atoms with E-state index in [1.54, 1.807) is 4.90 Å². The van der Waals surface area contributed by atoms with E-state index in [1.165, 1.54) is 0 Å². The van der Waals surface area contributed by atoms with Gasteiger partial charge in [-0.3, -0.25) is 4.79 Å². The third-order valence-corrected chi connectivity index (χ3v) is 3.16. The first-order valence-electron chi connectivity index (χ1n) is 5.95. The van der Waals surface area contributed by atoms with Crippen molar-refractivity contribution < 1.29 is 4.79 Å². The SMILES string of the molecule is Cc1cccc(CC(=O)N2CCCC2C#N)c1. The Labute approximate surface area is 102 Å². The third-order valence-electron chi connectivity index (χ3n) is 3.16. The zero-order valence-corrected chi connectivity index (χ0v) is 10.0. The molecule has 1 unspecified atom stereocenters. The van der Waals surface area contributed by atoms with Gasteiger partial charge in [0.1, 0.15) is 6.04 Å². The molecule has 1 aliphatic heterocycles. The molecule has 0 saturated carbocycles. The van der Waals surface area contributed by atoms with E-state index >= 15 is 0 Å². The highest BCUT2D eigenvalue weighted by molar-refractivity contribution is 5.79. The van der Waals surface area contributed by atoms with Crippen LogP contribution in [0.1, 0.15) is 24.0 Å². The van der Waals surface area contributed by atoms with Crippen LogP contribution in [0.4, 0.5) is 0 Å². The van der Waals surface area contributed by atoms with Gasteiger partial charge in [0.05, 0.1) is 12.5 Å². The molecule has 1 aliphatic rings. The topological polar surface area (TPSA) is 44.1 Å². The molecular formula is C14H16N2O. The molecule has 0 spiro atoms. The lowest BCUT2D eigenvalue weighted by molar-refractivity contribution is -0.130. The standard InChI is InChI=1S/C14H16N2O/c1-11-4-2-5-12(8-11)9-14(17)16-7-3-6-13(16)10-15/h2,4-5,8,13H,3,6-7,9H2,1H3. The summed E-state index contributed by atoms with van der Waals surface area (Å²) in [5, 5.41) is 8.95. The smallest absolute Gasteiger partial charge is 0.228 e. The van der Waals surface area contributed by atoms with E-state index in [2.05, 4.69) is 6.07 Å². The Kier molecular flexibility index (Phi) is 3.43. The Balaban J connectivity index is 2.04. The summed E-state index contributed by atoms with van der Waals surface area (Å²) in [7, 11) is 0. The summed E-state index contributed by atoms with van der Waals surface area (Å²) < 4.78 is 0. The van der Waals surface area contributed by atoms with Crippen LogP contribution in [0.25, 0.3) is 0 Å². The van der Waals surface area contributed by atoms with Crippen LogP contribution >= 0.6 is 0 Å². The predicted molar refractivity (Wildman–Crippen MR) is 65.2 cm³/mol. The Morgan fingerprint density at radius 2 is 2.41 bits per heavy atom. The summed E-state index contributed by atoms with van der Waals surface area (Å²) in [5.41, 5.74) is 2.19. The number of hydrogen-bond donors (Lipinski definition) is 0. The predicted octanol–water partition coefficient (Wildman–Crippen LogP) is 2.05. The summed E-state index contributed by atoms with van der Waals surface area (Å²) in [6.07, 6.45) is 2.16. The molecular weight excluding hydrogens is 212 g/mol. The molecule has 0 aliphatic carbocycles. The molecule has 3 heteroatoms. The number of likely N-dealkylation sites (tertiary alicyclic amines) is 1. The Bertz CT molecular complexity index is 462. The molecule has 88 valence electrons. The molecule has 1 heterocycles. The number of benzene rings is 1. The molecule has 2 rings (SSSR count). The molecule has 0 bridgehead atoms. The number of carbonyl (C=O) groups is 1. The monoisotopic (exact) mass is 228 g/mol. The molecule has 0 aromatic heterocycles. The molecule has 0 radical (unpaired) electrons. The normalized spacial score (nSPS) is 19.1. The number of aryl methyl sites for hydroxylation is 1. The molecule has 1 fully saturated rings. The maximum atomic E-state index is 12.1. The van der Waals surface area contributed by atoms with E-state index in [0.29, 0.717) is 6.42 Å². The second kappa shape index (κ2) is 5.01. The molecule has 3 nitrogen and oxygen atoms in total. The van der Waals surface area contributed by atoms with Gasteiger partial charge in [-0.05, 0) is 25.3 Å². The highest BCUT2D eigenvalue weighted by Crippen LogP contribution is 2.18. The fourth-order valence-electron chi connectivity index (χ4n) is 2.30. The van der Waals surface area contributed by atoms with Gasteiger partial charge in [0.2, 0.25) is 5.91 Å². The van der Waals surface area contributed by atoms with E-state index in [0.717, 1.165) is 30.5 Å².